The number of ketones is 1. The minimum absolute atomic E-state index is 0.154. The number of rotatable bonds is 4. The standard InChI is InChI=1S/C21H29NO2/c1-21(2)14-16-11-8-12-19(24-3)20(16)17(22-21)13-18(23)15-9-6-4-5-7-10-15/h8,11-12,15H,4-7,9-10,13-14H2,1-3H3. The molecule has 0 radical (unpaired) electrons. The number of nitrogens with zero attached hydrogens (tertiary/aromatic N) is 1. The Balaban J connectivity index is 1.88. The van der Waals surface area contributed by atoms with Crippen LogP contribution in [0.25, 0.3) is 0 Å². The molecule has 1 aromatic rings. The van der Waals surface area contributed by atoms with Crippen molar-refractivity contribution in [3.05, 3.63) is 29.3 Å². The van der Waals surface area contributed by atoms with E-state index in [1.54, 1.807) is 7.11 Å². The molecule has 1 aliphatic carbocycles. The van der Waals surface area contributed by atoms with Crippen molar-refractivity contribution in [1.82, 2.24) is 0 Å². The van der Waals surface area contributed by atoms with Gasteiger partial charge in [-0.2, -0.15) is 0 Å². The van der Waals surface area contributed by atoms with Crippen molar-refractivity contribution >= 4 is 11.5 Å². The maximum atomic E-state index is 12.9. The lowest BCUT2D eigenvalue weighted by Gasteiger charge is -2.30. The van der Waals surface area contributed by atoms with Crippen molar-refractivity contribution in [3.63, 3.8) is 0 Å². The van der Waals surface area contributed by atoms with E-state index < -0.39 is 0 Å². The van der Waals surface area contributed by atoms with Crippen LogP contribution >= 0.6 is 0 Å². The van der Waals surface area contributed by atoms with Crippen LogP contribution in [0.1, 0.15) is 69.9 Å². The first-order valence-electron chi connectivity index (χ1n) is 9.28. The summed E-state index contributed by atoms with van der Waals surface area (Å²) in [5.41, 5.74) is 3.07. The number of carbonyl (C=O) groups is 1. The fourth-order valence-corrected chi connectivity index (χ4v) is 4.19. The van der Waals surface area contributed by atoms with Crippen LogP contribution in [0.15, 0.2) is 23.2 Å². The molecule has 130 valence electrons. The van der Waals surface area contributed by atoms with E-state index in [1.807, 2.05) is 12.1 Å². The van der Waals surface area contributed by atoms with Crippen molar-refractivity contribution in [2.75, 3.05) is 7.11 Å². The maximum absolute atomic E-state index is 12.9. The van der Waals surface area contributed by atoms with E-state index in [0.29, 0.717) is 12.2 Å². The van der Waals surface area contributed by atoms with Gasteiger partial charge in [-0.15, -0.1) is 0 Å². The first-order valence-corrected chi connectivity index (χ1v) is 9.28. The Morgan fingerprint density at radius 1 is 1.21 bits per heavy atom. The van der Waals surface area contributed by atoms with Crippen LogP contribution in [-0.4, -0.2) is 24.1 Å². The highest BCUT2D eigenvalue weighted by Gasteiger charge is 2.31. The number of hydrogen-bond acceptors (Lipinski definition) is 3. The number of aliphatic imine (C=N–C) groups is 1. The molecule has 0 saturated heterocycles. The Labute approximate surface area is 145 Å². The molecule has 0 amide bonds. The zero-order valence-electron chi connectivity index (χ0n) is 15.2. The minimum atomic E-state index is -0.154. The number of hydrogen-bond donors (Lipinski definition) is 0. The van der Waals surface area contributed by atoms with Crippen LogP contribution in [0.2, 0.25) is 0 Å². The van der Waals surface area contributed by atoms with E-state index >= 15 is 0 Å². The molecule has 0 aromatic heterocycles. The third-order valence-electron chi connectivity index (χ3n) is 5.33. The number of methoxy groups -OCH3 is 1. The SMILES string of the molecule is COc1cccc2c1C(CC(=O)C1CCCCCC1)=NC(C)(C)C2. The third-order valence-corrected chi connectivity index (χ3v) is 5.33. The number of fused-ring (bicyclic) bond motifs is 1. The molecule has 2 aliphatic rings. The quantitative estimate of drug-likeness (QED) is 0.749. The minimum Gasteiger partial charge on any atom is -0.496 e. The zero-order valence-corrected chi connectivity index (χ0v) is 15.2. The van der Waals surface area contributed by atoms with Gasteiger partial charge in [-0.1, -0.05) is 37.8 Å². The summed E-state index contributed by atoms with van der Waals surface area (Å²) in [6.45, 7) is 4.29. The third kappa shape index (κ3) is 3.71. The highest BCUT2D eigenvalue weighted by molar-refractivity contribution is 6.14. The monoisotopic (exact) mass is 327 g/mol. The predicted octanol–water partition coefficient (Wildman–Crippen LogP) is 4.75. The Hall–Kier alpha value is -1.64. The Morgan fingerprint density at radius 2 is 1.92 bits per heavy atom. The van der Waals surface area contributed by atoms with Gasteiger partial charge in [-0.3, -0.25) is 9.79 Å². The van der Waals surface area contributed by atoms with Crippen LogP contribution in [0.3, 0.4) is 0 Å². The topological polar surface area (TPSA) is 38.7 Å². The van der Waals surface area contributed by atoms with Gasteiger partial charge in [0.1, 0.15) is 11.5 Å². The predicted molar refractivity (Wildman–Crippen MR) is 98.1 cm³/mol. The number of Topliss-reactive ketones (excluding diaryl/α,β-unsaturated/α-hetero) is 1. The fraction of sp³-hybridized carbons (Fsp3) is 0.619. The molecule has 1 aromatic carbocycles. The fourth-order valence-electron chi connectivity index (χ4n) is 4.19. The summed E-state index contributed by atoms with van der Waals surface area (Å²) in [7, 11) is 1.69. The largest absolute Gasteiger partial charge is 0.496 e. The van der Waals surface area contributed by atoms with Gasteiger partial charge < -0.3 is 4.74 Å². The van der Waals surface area contributed by atoms with Gasteiger partial charge in [-0.05, 0) is 44.7 Å². The van der Waals surface area contributed by atoms with E-state index in [4.69, 9.17) is 9.73 Å². The van der Waals surface area contributed by atoms with E-state index in [9.17, 15) is 4.79 Å². The van der Waals surface area contributed by atoms with E-state index in [2.05, 4.69) is 19.9 Å². The van der Waals surface area contributed by atoms with Gasteiger partial charge in [0, 0.05) is 17.9 Å². The summed E-state index contributed by atoms with van der Waals surface area (Å²) in [5.74, 6) is 1.43. The van der Waals surface area contributed by atoms with Crippen LogP contribution in [0.5, 0.6) is 5.75 Å². The first-order chi connectivity index (χ1) is 11.5. The molecule has 0 unspecified atom stereocenters. The van der Waals surface area contributed by atoms with Crippen molar-refractivity contribution in [2.24, 2.45) is 10.9 Å². The van der Waals surface area contributed by atoms with Gasteiger partial charge in [0.2, 0.25) is 0 Å². The van der Waals surface area contributed by atoms with Crippen LogP contribution < -0.4 is 4.74 Å². The van der Waals surface area contributed by atoms with Gasteiger partial charge in [0.15, 0.2) is 0 Å². The summed E-state index contributed by atoms with van der Waals surface area (Å²) in [4.78, 5) is 17.9. The second-order valence-corrected chi connectivity index (χ2v) is 7.87. The highest BCUT2D eigenvalue weighted by Crippen LogP contribution is 2.34. The molecule has 1 aliphatic heterocycles. The van der Waals surface area contributed by atoms with Gasteiger partial charge in [0.25, 0.3) is 0 Å². The van der Waals surface area contributed by atoms with Crippen LogP contribution in [0, 0.1) is 5.92 Å². The molecular weight excluding hydrogens is 298 g/mol. The highest BCUT2D eigenvalue weighted by atomic mass is 16.5. The summed E-state index contributed by atoms with van der Waals surface area (Å²) in [6, 6.07) is 6.15. The normalized spacial score (nSPS) is 20.7. The number of ether oxygens (including phenoxy) is 1. The molecule has 1 saturated carbocycles. The average molecular weight is 327 g/mol. The lowest BCUT2D eigenvalue weighted by molar-refractivity contribution is -0.122. The summed E-state index contributed by atoms with van der Waals surface area (Å²) < 4.78 is 5.57. The van der Waals surface area contributed by atoms with Gasteiger partial charge >= 0.3 is 0 Å². The van der Waals surface area contributed by atoms with Gasteiger partial charge in [-0.25, -0.2) is 0 Å². The molecule has 1 heterocycles. The van der Waals surface area contributed by atoms with Crippen molar-refractivity contribution in [1.29, 1.82) is 0 Å². The molecule has 1 fully saturated rings. The Morgan fingerprint density at radius 3 is 2.58 bits per heavy atom. The number of benzene rings is 1. The van der Waals surface area contributed by atoms with Crippen LogP contribution in [-0.2, 0) is 11.2 Å². The molecule has 3 rings (SSSR count). The molecule has 0 spiro atoms. The van der Waals surface area contributed by atoms with Gasteiger partial charge in [0.05, 0.1) is 18.4 Å². The van der Waals surface area contributed by atoms with Crippen molar-refractivity contribution in [3.8, 4) is 5.75 Å². The second-order valence-electron chi connectivity index (χ2n) is 7.87. The van der Waals surface area contributed by atoms with E-state index in [0.717, 1.165) is 36.3 Å². The van der Waals surface area contributed by atoms with E-state index in [1.165, 1.54) is 31.2 Å². The van der Waals surface area contributed by atoms with Crippen molar-refractivity contribution < 1.29 is 9.53 Å². The Kier molecular flexibility index (Phi) is 5.07. The second kappa shape index (κ2) is 7.08. The van der Waals surface area contributed by atoms with Crippen molar-refractivity contribution in [2.45, 2.75) is 70.8 Å². The molecular formula is C21H29NO2. The molecule has 0 N–H and O–H groups in total. The Bertz CT molecular complexity index is 637. The molecule has 3 heteroatoms. The van der Waals surface area contributed by atoms with Crippen LogP contribution in [0.4, 0.5) is 0 Å². The summed E-state index contributed by atoms with van der Waals surface area (Å²) in [6.07, 6.45) is 8.36. The molecule has 0 atom stereocenters. The molecule has 24 heavy (non-hydrogen) atoms. The molecule has 0 bridgehead atoms. The first kappa shape index (κ1) is 17.2. The summed E-state index contributed by atoms with van der Waals surface area (Å²) in [5, 5.41) is 0. The smallest absolute Gasteiger partial charge is 0.141 e. The maximum Gasteiger partial charge on any atom is 0.141 e. The lowest BCUT2D eigenvalue weighted by Crippen LogP contribution is -2.31. The zero-order chi connectivity index (χ0) is 17.2. The molecule has 3 nitrogen and oxygen atoms in total. The summed E-state index contributed by atoms with van der Waals surface area (Å²) >= 11 is 0. The average Bonchev–Trinajstić information content (AvgIpc) is 2.82. The number of carbonyl (C=O) groups excluding carboxylic acids is 1. The van der Waals surface area contributed by atoms with E-state index in [-0.39, 0.29) is 11.5 Å². The lowest BCUT2D eigenvalue weighted by atomic mass is 9.83.